The molecular weight excluding hydrogens is 208 g/mol. The Morgan fingerprint density at radius 1 is 1.36 bits per heavy atom. The van der Waals surface area contributed by atoms with Gasteiger partial charge in [0.2, 0.25) is 0 Å². The summed E-state index contributed by atoms with van der Waals surface area (Å²) in [5, 5.41) is 10.3. The van der Waals surface area contributed by atoms with E-state index in [-0.39, 0.29) is 18.1 Å². The number of hydrogen-bond donors (Lipinski definition) is 1. The van der Waals surface area contributed by atoms with Gasteiger partial charge < -0.3 is 10.5 Å². The zero-order valence-corrected chi connectivity index (χ0v) is 7.94. The van der Waals surface area contributed by atoms with Gasteiger partial charge >= 0.3 is 0 Å². The van der Waals surface area contributed by atoms with Crippen LogP contribution in [0.4, 0.5) is 5.69 Å². The molecule has 1 aromatic rings. The van der Waals surface area contributed by atoms with Gasteiger partial charge in [-0.3, -0.25) is 10.1 Å². The molecule has 0 bridgehead atoms. The highest BCUT2D eigenvalue weighted by molar-refractivity contribution is 5.85. The average Bonchev–Trinajstić information content (AvgIpc) is 2.17. The number of nitrogens with two attached hydrogens (primary N) is 1. The maximum atomic E-state index is 10.3. The Bertz CT molecular complexity index is 326. The molecule has 76 valence electrons. The molecular formula is C8H9ClN2O3. The molecule has 0 saturated heterocycles. The molecule has 0 fully saturated rings. The van der Waals surface area contributed by atoms with Gasteiger partial charge in [-0.1, -0.05) is 12.1 Å². The first-order valence-corrected chi connectivity index (χ1v) is 3.60. The minimum absolute atomic E-state index is 0. The largest absolute Gasteiger partial charge is 0.318 e. The predicted molar refractivity (Wildman–Crippen MR) is 53.3 cm³/mol. The summed E-state index contributed by atoms with van der Waals surface area (Å²) in [6, 6.07) is 4.87. The summed E-state index contributed by atoms with van der Waals surface area (Å²) in [6.07, 6.45) is 0.584. The highest BCUT2D eigenvalue weighted by Crippen LogP contribution is 2.14. The number of nitro groups is 1. The Hall–Kier alpha value is -1.46. The van der Waals surface area contributed by atoms with Crippen LogP contribution in [0, 0.1) is 10.1 Å². The molecule has 2 N–H and O–H groups in total. The monoisotopic (exact) mass is 216 g/mol. The Balaban J connectivity index is 0.00000169. The lowest BCUT2D eigenvalue weighted by molar-refractivity contribution is -0.384. The third-order valence-corrected chi connectivity index (χ3v) is 1.64. The van der Waals surface area contributed by atoms with Crippen LogP contribution < -0.4 is 5.73 Å². The van der Waals surface area contributed by atoms with Crippen LogP contribution in [0.15, 0.2) is 24.3 Å². The number of non-ortho nitro benzene ring substituents is 1. The molecule has 0 saturated carbocycles. The quantitative estimate of drug-likeness (QED) is 0.468. The van der Waals surface area contributed by atoms with E-state index in [4.69, 9.17) is 5.73 Å². The zero-order chi connectivity index (χ0) is 9.84. The summed E-state index contributed by atoms with van der Waals surface area (Å²) in [4.78, 5) is 20.0. The molecule has 6 heteroatoms. The third kappa shape index (κ3) is 2.79. The van der Waals surface area contributed by atoms with Gasteiger partial charge in [0, 0.05) is 12.1 Å². The fourth-order valence-electron chi connectivity index (χ4n) is 0.897. The first-order valence-electron chi connectivity index (χ1n) is 3.60. The molecule has 1 atom stereocenters. The number of aldehydes is 1. The molecule has 1 rings (SSSR count). The second-order valence-corrected chi connectivity index (χ2v) is 2.51. The fourth-order valence-corrected chi connectivity index (χ4v) is 0.897. The Morgan fingerprint density at radius 3 is 2.21 bits per heavy atom. The number of nitro benzene ring substituents is 1. The van der Waals surface area contributed by atoms with Gasteiger partial charge in [-0.05, 0) is 5.56 Å². The van der Waals surface area contributed by atoms with E-state index in [1.54, 1.807) is 0 Å². The Kier molecular flexibility index (Phi) is 4.76. The molecule has 0 spiro atoms. The van der Waals surface area contributed by atoms with Gasteiger partial charge in [0.15, 0.2) is 0 Å². The lowest BCUT2D eigenvalue weighted by atomic mass is 10.1. The molecule has 5 nitrogen and oxygen atoms in total. The lowest BCUT2D eigenvalue weighted by Crippen LogP contribution is -2.10. The van der Waals surface area contributed by atoms with E-state index in [1.165, 1.54) is 24.3 Å². The third-order valence-electron chi connectivity index (χ3n) is 1.64. The van der Waals surface area contributed by atoms with Gasteiger partial charge in [0.25, 0.3) is 5.69 Å². The summed E-state index contributed by atoms with van der Waals surface area (Å²) in [6.45, 7) is 0. The molecule has 0 heterocycles. The minimum Gasteiger partial charge on any atom is -0.318 e. The topological polar surface area (TPSA) is 86.2 Å². The summed E-state index contributed by atoms with van der Waals surface area (Å²) in [5.74, 6) is 0. The van der Waals surface area contributed by atoms with E-state index in [2.05, 4.69) is 0 Å². The van der Waals surface area contributed by atoms with Crippen molar-refractivity contribution in [2.75, 3.05) is 0 Å². The van der Waals surface area contributed by atoms with Crippen LogP contribution >= 0.6 is 12.4 Å². The van der Waals surface area contributed by atoms with E-state index in [9.17, 15) is 14.9 Å². The number of carbonyl (C=O) groups is 1. The van der Waals surface area contributed by atoms with Crippen LogP contribution in [0.1, 0.15) is 11.6 Å². The highest BCUT2D eigenvalue weighted by Gasteiger charge is 2.07. The molecule has 0 aromatic heterocycles. The van der Waals surface area contributed by atoms with Crippen LogP contribution in [0.2, 0.25) is 0 Å². The first-order chi connectivity index (χ1) is 6.15. The van der Waals surface area contributed by atoms with Crippen molar-refractivity contribution in [1.29, 1.82) is 0 Å². The van der Waals surface area contributed by atoms with E-state index < -0.39 is 11.0 Å². The molecule has 0 aliphatic rings. The molecule has 0 amide bonds. The van der Waals surface area contributed by atoms with Crippen molar-refractivity contribution in [3.8, 4) is 0 Å². The van der Waals surface area contributed by atoms with Crippen molar-refractivity contribution >= 4 is 24.4 Å². The number of hydrogen-bond acceptors (Lipinski definition) is 4. The Morgan fingerprint density at radius 2 is 1.86 bits per heavy atom. The van der Waals surface area contributed by atoms with Gasteiger partial charge in [0.1, 0.15) is 6.29 Å². The van der Waals surface area contributed by atoms with Crippen molar-refractivity contribution in [2.45, 2.75) is 6.04 Å². The number of halogens is 1. The second-order valence-electron chi connectivity index (χ2n) is 2.51. The van der Waals surface area contributed by atoms with Gasteiger partial charge in [-0.15, -0.1) is 12.4 Å². The minimum atomic E-state index is -0.708. The van der Waals surface area contributed by atoms with Crippen LogP contribution in [0.5, 0.6) is 0 Å². The van der Waals surface area contributed by atoms with E-state index in [0.717, 1.165) is 0 Å². The maximum absolute atomic E-state index is 10.3. The van der Waals surface area contributed by atoms with Crippen LogP contribution in [0.25, 0.3) is 0 Å². The summed E-state index contributed by atoms with van der Waals surface area (Å²) in [5.41, 5.74) is 5.94. The zero-order valence-electron chi connectivity index (χ0n) is 7.12. The van der Waals surface area contributed by atoms with Crippen molar-refractivity contribution in [3.63, 3.8) is 0 Å². The van der Waals surface area contributed by atoms with Crippen LogP contribution in [0.3, 0.4) is 0 Å². The van der Waals surface area contributed by atoms with Gasteiger partial charge in [-0.2, -0.15) is 0 Å². The fraction of sp³-hybridized carbons (Fsp3) is 0.125. The summed E-state index contributed by atoms with van der Waals surface area (Å²) in [7, 11) is 0. The summed E-state index contributed by atoms with van der Waals surface area (Å²) >= 11 is 0. The van der Waals surface area contributed by atoms with E-state index in [0.29, 0.717) is 11.8 Å². The molecule has 14 heavy (non-hydrogen) atoms. The smallest absolute Gasteiger partial charge is 0.269 e. The average molecular weight is 217 g/mol. The summed E-state index contributed by atoms with van der Waals surface area (Å²) < 4.78 is 0. The van der Waals surface area contributed by atoms with Crippen molar-refractivity contribution in [2.24, 2.45) is 5.73 Å². The predicted octanol–water partition coefficient (Wildman–Crippen LogP) is 1.22. The van der Waals surface area contributed by atoms with Gasteiger partial charge in [0.05, 0.1) is 11.0 Å². The number of carbonyl (C=O) groups excluding carboxylic acids is 1. The van der Waals surface area contributed by atoms with Crippen molar-refractivity contribution < 1.29 is 9.72 Å². The van der Waals surface area contributed by atoms with Crippen LogP contribution in [-0.4, -0.2) is 11.2 Å². The van der Waals surface area contributed by atoms with Crippen LogP contribution in [-0.2, 0) is 4.79 Å². The lowest BCUT2D eigenvalue weighted by Gasteiger charge is -2.02. The molecule has 0 radical (unpaired) electrons. The molecule has 1 unspecified atom stereocenters. The Labute approximate surface area is 86.5 Å². The van der Waals surface area contributed by atoms with Crippen molar-refractivity contribution in [1.82, 2.24) is 0 Å². The second kappa shape index (κ2) is 5.31. The number of nitrogens with zero attached hydrogens (tertiary/aromatic N) is 1. The maximum Gasteiger partial charge on any atom is 0.269 e. The normalized spacial score (nSPS) is 11.2. The number of rotatable bonds is 3. The number of benzene rings is 1. The van der Waals surface area contributed by atoms with E-state index >= 15 is 0 Å². The van der Waals surface area contributed by atoms with Gasteiger partial charge in [-0.25, -0.2) is 0 Å². The van der Waals surface area contributed by atoms with Crippen molar-refractivity contribution in [3.05, 3.63) is 39.9 Å². The highest BCUT2D eigenvalue weighted by atomic mass is 35.5. The molecule has 0 aliphatic carbocycles. The van der Waals surface area contributed by atoms with E-state index in [1.807, 2.05) is 0 Å². The molecule has 0 aliphatic heterocycles. The SMILES string of the molecule is Cl.NC(C=O)c1ccc([N+](=O)[O-])cc1. The standard InChI is InChI=1S/C8H8N2O3.ClH/c9-8(5-11)6-1-3-7(4-2-6)10(12)13;/h1-5,8H,9H2;1H. The molecule has 1 aromatic carbocycles. The first kappa shape index (κ1) is 12.5.